The van der Waals surface area contributed by atoms with Crippen LogP contribution in [0.2, 0.25) is 0 Å². The fourth-order valence-electron chi connectivity index (χ4n) is 1.56. The van der Waals surface area contributed by atoms with E-state index in [0.29, 0.717) is 11.4 Å². The maximum Gasteiger partial charge on any atom is 0.354 e. The number of carboxylic acid groups (broad SMARTS) is 1. The summed E-state index contributed by atoms with van der Waals surface area (Å²) in [6.07, 6.45) is 0. The number of ether oxygens (including phenoxy) is 1. The molecule has 1 N–H and O–H groups in total. The standard InChI is InChI=1S/C11H15NO4/c1-11(2,10(14)15)8-6-5-7(12(8)3)9(13)16-4/h5-6H,1-4H3,(H,14,15). The van der Waals surface area contributed by atoms with Crippen molar-refractivity contribution in [2.45, 2.75) is 19.3 Å². The van der Waals surface area contributed by atoms with Gasteiger partial charge in [0.1, 0.15) is 11.1 Å². The summed E-state index contributed by atoms with van der Waals surface area (Å²) in [7, 11) is 2.93. The number of nitrogens with zero attached hydrogens (tertiary/aromatic N) is 1. The lowest BCUT2D eigenvalue weighted by Crippen LogP contribution is -2.31. The third-order valence-corrected chi connectivity index (χ3v) is 2.69. The summed E-state index contributed by atoms with van der Waals surface area (Å²) in [5, 5.41) is 9.09. The number of aromatic nitrogens is 1. The summed E-state index contributed by atoms with van der Waals surface area (Å²) in [5.74, 6) is -1.42. The number of esters is 1. The van der Waals surface area contributed by atoms with E-state index in [4.69, 9.17) is 5.11 Å². The fourth-order valence-corrected chi connectivity index (χ4v) is 1.56. The second-order valence-electron chi connectivity index (χ2n) is 4.08. The van der Waals surface area contributed by atoms with Crippen molar-refractivity contribution in [3.8, 4) is 0 Å². The quantitative estimate of drug-likeness (QED) is 0.784. The number of aliphatic carboxylic acids is 1. The van der Waals surface area contributed by atoms with Gasteiger partial charge in [-0.3, -0.25) is 4.79 Å². The Kier molecular flexibility index (Phi) is 3.07. The number of carbonyl (C=O) groups is 2. The minimum atomic E-state index is -1.04. The maximum absolute atomic E-state index is 11.4. The van der Waals surface area contributed by atoms with Gasteiger partial charge in [-0.25, -0.2) is 4.79 Å². The fraction of sp³-hybridized carbons (Fsp3) is 0.455. The molecule has 0 amide bonds. The summed E-state index contributed by atoms with van der Waals surface area (Å²) in [6.45, 7) is 3.18. The van der Waals surface area contributed by atoms with E-state index in [-0.39, 0.29) is 0 Å². The number of hydrogen-bond donors (Lipinski definition) is 1. The average Bonchev–Trinajstić information content (AvgIpc) is 2.59. The molecule has 0 aromatic carbocycles. The second kappa shape index (κ2) is 4.00. The predicted molar refractivity (Wildman–Crippen MR) is 57.4 cm³/mol. The number of rotatable bonds is 3. The van der Waals surface area contributed by atoms with Crippen LogP contribution in [0, 0.1) is 0 Å². The van der Waals surface area contributed by atoms with E-state index in [1.807, 2.05) is 0 Å². The van der Waals surface area contributed by atoms with Gasteiger partial charge in [-0.2, -0.15) is 0 Å². The Hall–Kier alpha value is -1.78. The lowest BCUT2D eigenvalue weighted by atomic mass is 9.89. The molecule has 5 heteroatoms. The molecule has 0 aliphatic heterocycles. The molecule has 16 heavy (non-hydrogen) atoms. The van der Waals surface area contributed by atoms with Gasteiger partial charge in [-0.1, -0.05) is 0 Å². The van der Waals surface area contributed by atoms with Crippen LogP contribution in [0.4, 0.5) is 0 Å². The van der Waals surface area contributed by atoms with Gasteiger partial charge >= 0.3 is 11.9 Å². The number of methoxy groups -OCH3 is 1. The van der Waals surface area contributed by atoms with Crippen LogP contribution in [0.3, 0.4) is 0 Å². The summed E-state index contributed by atoms with van der Waals surface area (Å²) >= 11 is 0. The SMILES string of the molecule is COC(=O)c1ccc(C(C)(C)C(=O)O)n1C. The first kappa shape index (κ1) is 12.3. The van der Waals surface area contributed by atoms with Crippen LogP contribution in [0.15, 0.2) is 12.1 Å². The van der Waals surface area contributed by atoms with Crippen LogP contribution in [-0.2, 0) is 22.0 Å². The lowest BCUT2D eigenvalue weighted by molar-refractivity contribution is -0.142. The molecule has 0 aliphatic rings. The van der Waals surface area contributed by atoms with Crippen LogP contribution in [0.5, 0.6) is 0 Å². The molecular weight excluding hydrogens is 210 g/mol. The molecule has 0 saturated carbocycles. The minimum Gasteiger partial charge on any atom is -0.481 e. The Morgan fingerprint density at radius 2 is 1.94 bits per heavy atom. The average molecular weight is 225 g/mol. The molecule has 0 bridgehead atoms. The normalized spacial score (nSPS) is 11.2. The van der Waals surface area contributed by atoms with E-state index in [0.717, 1.165) is 0 Å². The molecule has 0 unspecified atom stereocenters. The smallest absolute Gasteiger partial charge is 0.354 e. The van der Waals surface area contributed by atoms with Gasteiger partial charge in [0, 0.05) is 12.7 Å². The molecule has 0 aliphatic carbocycles. The molecule has 1 aromatic heterocycles. The van der Waals surface area contributed by atoms with Gasteiger partial charge < -0.3 is 14.4 Å². The third kappa shape index (κ3) is 1.80. The highest BCUT2D eigenvalue weighted by atomic mass is 16.5. The zero-order valence-corrected chi connectivity index (χ0v) is 9.77. The van der Waals surface area contributed by atoms with Crippen LogP contribution in [0.1, 0.15) is 30.0 Å². The first-order valence-electron chi connectivity index (χ1n) is 4.80. The lowest BCUT2D eigenvalue weighted by Gasteiger charge is -2.20. The predicted octanol–water partition coefficient (Wildman–Crippen LogP) is 1.17. The molecule has 1 rings (SSSR count). The first-order valence-corrected chi connectivity index (χ1v) is 4.80. The molecule has 0 fully saturated rings. The van der Waals surface area contributed by atoms with Gasteiger partial charge in [0.05, 0.1) is 7.11 Å². The van der Waals surface area contributed by atoms with Crippen LogP contribution >= 0.6 is 0 Å². The maximum atomic E-state index is 11.4. The van der Waals surface area contributed by atoms with Gasteiger partial charge in [0.25, 0.3) is 0 Å². The van der Waals surface area contributed by atoms with Crippen molar-refractivity contribution in [1.82, 2.24) is 4.57 Å². The Labute approximate surface area is 93.6 Å². The van der Waals surface area contributed by atoms with Crippen molar-refractivity contribution < 1.29 is 19.4 Å². The first-order chi connectivity index (χ1) is 7.32. The number of carbonyl (C=O) groups excluding carboxylic acids is 1. The molecule has 5 nitrogen and oxygen atoms in total. The van der Waals surface area contributed by atoms with Crippen molar-refractivity contribution >= 4 is 11.9 Å². The van der Waals surface area contributed by atoms with Crippen molar-refractivity contribution in [1.29, 1.82) is 0 Å². The van der Waals surface area contributed by atoms with E-state index in [1.165, 1.54) is 7.11 Å². The highest BCUT2D eigenvalue weighted by molar-refractivity contribution is 5.88. The topological polar surface area (TPSA) is 68.5 Å². The van der Waals surface area contributed by atoms with Crippen molar-refractivity contribution in [3.05, 3.63) is 23.5 Å². The summed E-state index contributed by atoms with van der Waals surface area (Å²) in [4.78, 5) is 22.4. The molecule has 0 radical (unpaired) electrons. The Morgan fingerprint density at radius 1 is 1.38 bits per heavy atom. The van der Waals surface area contributed by atoms with Crippen molar-refractivity contribution in [2.24, 2.45) is 7.05 Å². The van der Waals surface area contributed by atoms with Gasteiger partial charge in [-0.05, 0) is 26.0 Å². The number of carboxylic acids is 1. The van der Waals surface area contributed by atoms with Gasteiger partial charge in [0.2, 0.25) is 0 Å². The Balaban J connectivity index is 3.24. The summed E-state index contributed by atoms with van der Waals surface area (Å²) in [5.41, 5.74) is -0.145. The van der Waals surface area contributed by atoms with E-state index in [1.54, 1.807) is 37.6 Å². The van der Waals surface area contributed by atoms with E-state index in [2.05, 4.69) is 4.74 Å². The van der Waals surface area contributed by atoms with Crippen molar-refractivity contribution in [2.75, 3.05) is 7.11 Å². The van der Waals surface area contributed by atoms with Gasteiger partial charge in [0.15, 0.2) is 0 Å². The molecule has 0 saturated heterocycles. The zero-order chi connectivity index (χ0) is 12.5. The second-order valence-corrected chi connectivity index (χ2v) is 4.08. The molecule has 88 valence electrons. The third-order valence-electron chi connectivity index (χ3n) is 2.69. The van der Waals surface area contributed by atoms with Crippen LogP contribution < -0.4 is 0 Å². The van der Waals surface area contributed by atoms with E-state index < -0.39 is 17.4 Å². The largest absolute Gasteiger partial charge is 0.481 e. The highest BCUT2D eigenvalue weighted by Gasteiger charge is 2.33. The summed E-state index contributed by atoms with van der Waals surface area (Å²) in [6, 6.07) is 3.19. The highest BCUT2D eigenvalue weighted by Crippen LogP contribution is 2.25. The van der Waals surface area contributed by atoms with E-state index >= 15 is 0 Å². The molecule has 0 spiro atoms. The van der Waals surface area contributed by atoms with Crippen LogP contribution in [-0.4, -0.2) is 28.7 Å². The molecule has 1 aromatic rings. The minimum absolute atomic E-state index is 0.340. The monoisotopic (exact) mass is 225 g/mol. The molecule has 1 heterocycles. The van der Waals surface area contributed by atoms with Gasteiger partial charge in [-0.15, -0.1) is 0 Å². The number of hydrogen-bond acceptors (Lipinski definition) is 3. The molecule has 0 atom stereocenters. The Morgan fingerprint density at radius 3 is 2.38 bits per heavy atom. The zero-order valence-electron chi connectivity index (χ0n) is 9.77. The Bertz CT molecular complexity index is 431. The summed E-state index contributed by atoms with van der Waals surface area (Å²) < 4.78 is 6.14. The van der Waals surface area contributed by atoms with E-state index in [9.17, 15) is 9.59 Å². The molecular formula is C11H15NO4. The van der Waals surface area contributed by atoms with Crippen LogP contribution in [0.25, 0.3) is 0 Å². The van der Waals surface area contributed by atoms with Crippen molar-refractivity contribution in [3.63, 3.8) is 0 Å².